The highest BCUT2D eigenvalue weighted by molar-refractivity contribution is 7.89. The molecule has 0 N–H and O–H groups in total. The Morgan fingerprint density at radius 1 is 1.07 bits per heavy atom. The van der Waals surface area contributed by atoms with Gasteiger partial charge in [0.05, 0.1) is 24.7 Å². The fraction of sp³-hybridized carbons (Fsp3) is 0.250. The van der Waals surface area contributed by atoms with E-state index >= 15 is 0 Å². The summed E-state index contributed by atoms with van der Waals surface area (Å²) < 4.78 is 38.6. The van der Waals surface area contributed by atoms with Gasteiger partial charge in [0.15, 0.2) is 0 Å². The van der Waals surface area contributed by atoms with Crippen LogP contribution in [-0.4, -0.2) is 45.6 Å². The van der Waals surface area contributed by atoms with Crippen LogP contribution in [0.15, 0.2) is 65.8 Å². The van der Waals surface area contributed by atoms with Crippen LogP contribution in [0.4, 0.5) is 0 Å². The van der Waals surface area contributed by atoms with E-state index in [9.17, 15) is 8.42 Å². The van der Waals surface area contributed by atoms with Crippen molar-refractivity contribution in [3.05, 3.63) is 66.5 Å². The summed E-state index contributed by atoms with van der Waals surface area (Å²) >= 11 is 0. The summed E-state index contributed by atoms with van der Waals surface area (Å²) in [6.45, 7) is 0.231. The molecule has 0 aliphatic rings. The van der Waals surface area contributed by atoms with E-state index in [1.807, 2.05) is 30.3 Å². The molecule has 1 heterocycles. The van der Waals surface area contributed by atoms with Crippen molar-refractivity contribution in [3.8, 4) is 5.75 Å². The first-order chi connectivity index (χ1) is 13.0. The Hall–Kier alpha value is -2.48. The molecule has 0 radical (unpaired) electrons. The lowest BCUT2D eigenvalue weighted by Crippen LogP contribution is -2.34. The normalized spacial score (nSPS) is 13.0. The smallest absolute Gasteiger partial charge is 0.244 e. The topological polar surface area (TPSA) is 68.7 Å². The van der Waals surface area contributed by atoms with Gasteiger partial charge in [-0.2, -0.15) is 4.31 Å². The monoisotopic (exact) mass is 386 g/mol. The lowest BCUT2D eigenvalue weighted by Gasteiger charge is -2.28. The molecule has 0 spiro atoms. The summed E-state index contributed by atoms with van der Waals surface area (Å²) in [6.07, 6.45) is 3.25. The molecule has 3 aromatic rings. The minimum atomic E-state index is -3.76. The highest BCUT2D eigenvalue weighted by Crippen LogP contribution is 2.31. The van der Waals surface area contributed by atoms with E-state index in [1.54, 1.807) is 51.9 Å². The zero-order valence-corrected chi connectivity index (χ0v) is 16.3. The second kappa shape index (κ2) is 8.04. The number of likely N-dealkylation sites (N-methyl/N-ethyl adjacent to an activating group) is 1. The molecule has 3 rings (SSSR count). The van der Waals surface area contributed by atoms with E-state index in [2.05, 4.69) is 4.98 Å². The molecule has 0 aliphatic heterocycles. The van der Waals surface area contributed by atoms with Gasteiger partial charge in [0.25, 0.3) is 0 Å². The summed E-state index contributed by atoms with van der Waals surface area (Å²) in [4.78, 5) is 4.32. The summed E-state index contributed by atoms with van der Waals surface area (Å²) in [6, 6.07) is 13.7. The second-order valence-electron chi connectivity index (χ2n) is 6.12. The number of hydrogen-bond donors (Lipinski definition) is 0. The van der Waals surface area contributed by atoms with Gasteiger partial charge in [-0.3, -0.25) is 4.98 Å². The number of sulfonamides is 1. The van der Waals surface area contributed by atoms with Gasteiger partial charge in [0.2, 0.25) is 10.0 Å². The van der Waals surface area contributed by atoms with Crippen LogP contribution in [0.2, 0.25) is 0 Å². The SMILES string of the molecule is COCC(c1ccc(OC)cc1)N(C)S(=O)(=O)c1cccc2cnccc12. The van der Waals surface area contributed by atoms with Crippen molar-refractivity contribution in [2.45, 2.75) is 10.9 Å². The molecule has 0 saturated carbocycles. The first kappa shape index (κ1) is 19.3. The number of ether oxygens (including phenoxy) is 2. The zero-order valence-electron chi connectivity index (χ0n) is 15.5. The average molecular weight is 386 g/mol. The summed E-state index contributed by atoms with van der Waals surface area (Å²) in [5.74, 6) is 0.710. The number of methoxy groups -OCH3 is 2. The third-order valence-electron chi connectivity index (χ3n) is 4.56. The molecule has 0 fully saturated rings. The third kappa shape index (κ3) is 3.80. The van der Waals surface area contributed by atoms with Gasteiger partial charge < -0.3 is 9.47 Å². The van der Waals surface area contributed by atoms with Crippen LogP contribution in [0.3, 0.4) is 0 Å². The lowest BCUT2D eigenvalue weighted by molar-refractivity contribution is 0.142. The van der Waals surface area contributed by atoms with Gasteiger partial charge in [0.1, 0.15) is 5.75 Å². The fourth-order valence-electron chi connectivity index (χ4n) is 3.04. The van der Waals surface area contributed by atoms with Crippen LogP contribution in [0.5, 0.6) is 5.75 Å². The molecule has 1 unspecified atom stereocenters. The van der Waals surface area contributed by atoms with Crippen LogP contribution in [-0.2, 0) is 14.8 Å². The first-order valence-corrected chi connectivity index (χ1v) is 9.86. The molecule has 0 amide bonds. The van der Waals surface area contributed by atoms with Crippen molar-refractivity contribution in [1.82, 2.24) is 9.29 Å². The Morgan fingerprint density at radius 2 is 1.81 bits per heavy atom. The predicted octanol–water partition coefficient (Wildman–Crippen LogP) is 3.25. The summed E-state index contributed by atoms with van der Waals surface area (Å²) in [5.41, 5.74) is 0.825. The quantitative estimate of drug-likeness (QED) is 0.623. The van der Waals surface area contributed by atoms with Crippen molar-refractivity contribution in [3.63, 3.8) is 0 Å². The number of hydrogen-bond acceptors (Lipinski definition) is 5. The van der Waals surface area contributed by atoms with Gasteiger partial charge in [-0.05, 0) is 29.8 Å². The van der Waals surface area contributed by atoms with Crippen molar-refractivity contribution >= 4 is 20.8 Å². The first-order valence-electron chi connectivity index (χ1n) is 8.42. The highest BCUT2D eigenvalue weighted by Gasteiger charge is 2.30. The Morgan fingerprint density at radius 3 is 2.48 bits per heavy atom. The predicted molar refractivity (Wildman–Crippen MR) is 104 cm³/mol. The van der Waals surface area contributed by atoms with E-state index in [-0.39, 0.29) is 11.5 Å². The molecular formula is C20H22N2O4S. The maximum atomic E-state index is 13.4. The van der Waals surface area contributed by atoms with Gasteiger partial charge in [-0.1, -0.05) is 24.3 Å². The summed E-state index contributed by atoms with van der Waals surface area (Å²) in [5, 5.41) is 1.42. The Kier molecular flexibility index (Phi) is 5.74. The highest BCUT2D eigenvalue weighted by atomic mass is 32.2. The number of nitrogens with zero attached hydrogens (tertiary/aromatic N) is 2. The minimum Gasteiger partial charge on any atom is -0.497 e. The van der Waals surface area contributed by atoms with Crippen LogP contribution in [0, 0.1) is 0 Å². The number of aromatic nitrogens is 1. The van der Waals surface area contributed by atoms with Crippen molar-refractivity contribution in [2.75, 3.05) is 27.9 Å². The number of fused-ring (bicyclic) bond motifs is 1. The van der Waals surface area contributed by atoms with Crippen molar-refractivity contribution in [2.24, 2.45) is 0 Å². The van der Waals surface area contributed by atoms with Crippen molar-refractivity contribution in [1.29, 1.82) is 0 Å². The zero-order chi connectivity index (χ0) is 19.4. The summed E-state index contributed by atoms with van der Waals surface area (Å²) in [7, 11) is 0.963. The molecule has 27 heavy (non-hydrogen) atoms. The molecule has 2 aromatic carbocycles. The molecule has 7 heteroatoms. The Bertz CT molecular complexity index is 1010. The van der Waals surface area contributed by atoms with Gasteiger partial charge in [0, 0.05) is 37.3 Å². The molecule has 1 aromatic heterocycles. The minimum absolute atomic E-state index is 0.231. The maximum Gasteiger partial charge on any atom is 0.244 e. The Labute approximate surface area is 159 Å². The van der Waals surface area contributed by atoms with Crippen LogP contribution in [0.1, 0.15) is 11.6 Å². The van der Waals surface area contributed by atoms with E-state index in [0.29, 0.717) is 11.1 Å². The molecule has 0 saturated heterocycles. The largest absolute Gasteiger partial charge is 0.497 e. The van der Waals surface area contributed by atoms with E-state index in [1.165, 1.54) is 4.31 Å². The van der Waals surface area contributed by atoms with Crippen LogP contribution in [0.25, 0.3) is 10.8 Å². The molecule has 1 atom stereocenters. The van der Waals surface area contributed by atoms with Crippen LogP contribution >= 0.6 is 0 Å². The maximum absolute atomic E-state index is 13.4. The number of pyridine rings is 1. The number of benzene rings is 2. The molecule has 0 aliphatic carbocycles. The lowest BCUT2D eigenvalue weighted by atomic mass is 10.1. The average Bonchev–Trinajstić information content (AvgIpc) is 2.71. The van der Waals surface area contributed by atoms with Crippen molar-refractivity contribution < 1.29 is 17.9 Å². The molecule has 0 bridgehead atoms. The molecular weight excluding hydrogens is 364 g/mol. The number of rotatable bonds is 7. The standard InChI is InChI=1S/C20H22N2O4S/c1-22(19(14-25-2)15-7-9-17(26-3)10-8-15)27(23,24)20-6-4-5-16-13-21-12-11-18(16)20/h4-13,19H,14H2,1-3H3. The van der Waals surface area contributed by atoms with Crippen LogP contribution < -0.4 is 4.74 Å². The van der Waals surface area contributed by atoms with E-state index < -0.39 is 16.1 Å². The van der Waals surface area contributed by atoms with Gasteiger partial charge in [-0.25, -0.2) is 8.42 Å². The van der Waals surface area contributed by atoms with Gasteiger partial charge in [-0.15, -0.1) is 0 Å². The third-order valence-corrected chi connectivity index (χ3v) is 6.49. The van der Waals surface area contributed by atoms with E-state index in [0.717, 1.165) is 10.9 Å². The van der Waals surface area contributed by atoms with Gasteiger partial charge >= 0.3 is 0 Å². The Balaban J connectivity index is 2.04. The van der Waals surface area contributed by atoms with E-state index in [4.69, 9.17) is 9.47 Å². The molecule has 6 nitrogen and oxygen atoms in total. The fourth-order valence-corrected chi connectivity index (χ4v) is 4.58. The second-order valence-corrected chi connectivity index (χ2v) is 8.08. The molecule has 142 valence electrons.